The van der Waals surface area contributed by atoms with Crippen LogP contribution in [0.25, 0.3) is 268 Å². The fourth-order valence-corrected chi connectivity index (χ4v) is 22.0. The average Bonchev–Trinajstić information content (AvgIpc) is 1.57. The van der Waals surface area contributed by atoms with Crippen LogP contribution >= 0.6 is 22.7 Å². The van der Waals surface area contributed by atoms with Gasteiger partial charge in [0.1, 0.15) is 33.5 Å². The number of fused-ring (bicyclic) bond motifs is 18. The number of hydrogen-bond donors (Lipinski definition) is 0. The molecule has 0 aliphatic heterocycles. The maximum Gasteiger partial charge on any atom is 0.160 e. The van der Waals surface area contributed by atoms with Crippen molar-refractivity contribution in [1.82, 2.24) is 29.5 Å². The summed E-state index contributed by atoms with van der Waals surface area (Å²) in [5.74, 6) is 1.44. The standard InChI is InChI=1S/C45H27NO2.C42H27N3O.C40H24N2S2/c1-2-14-35-32(9-1)27-40(33-12-7-10-28(23-33)30-19-21-43-38(25-30)36-15-3-5-17-41(36)47-43)46-45(35)34-13-8-11-29(24-34)31-20-22-44-39(26-31)37-16-4-6-18-42(37)48-44;1-3-10-28(11-4-1)37-27-38(44-42(43-37)30-12-5-2-6-13-30)29-18-21-33(22-19-29)45-25-24-32-26-31(20-23-39(32)45)34-15-9-16-36-35-14-7-8-17-40(35)46-41(34)36;1-3-10-26(11-4-1)32-24-33(42-40(41-32)28-12-5-2-6-13-28)27-20-18-25(19-21-27)29-15-9-16-31-38-36(44-39(29)31)23-22-35-37(38)30-14-7-8-17-34(30)43-35/h1-27H;1-27H;1-24H. The van der Waals surface area contributed by atoms with Gasteiger partial charge in [-0.25, -0.2) is 24.9 Å². The first-order chi connectivity index (χ1) is 68.3. The summed E-state index contributed by atoms with van der Waals surface area (Å²) in [5.41, 5.74) is 30.9. The van der Waals surface area contributed by atoms with Crippen molar-refractivity contribution >= 4 is 151 Å². The summed E-state index contributed by atoms with van der Waals surface area (Å²) >= 11 is 3.78. The molecule has 0 bridgehead atoms. The Morgan fingerprint density at radius 2 is 0.609 bits per heavy atom. The summed E-state index contributed by atoms with van der Waals surface area (Å²) in [6, 6.07) is 164. The van der Waals surface area contributed by atoms with Gasteiger partial charge in [0.05, 0.1) is 39.7 Å². The number of benzene rings is 19. The van der Waals surface area contributed by atoms with E-state index in [9.17, 15) is 0 Å². The highest BCUT2D eigenvalue weighted by molar-refractivity contribution is 7.28. The van der Waals surface area contributed by atoms with Crippen molar-refractivity contribution in [1.29, 1.82) is 0 Å². The fourth-order valence-electron chi connectivity index (χ4n) is 19.7. The van der Waals surface area contributed by atoms with E-state index < -0.39 is 0 Å². The number of rotatable bonds is 13. The average molecular weight is 1800 g/mol. The molecule has 0 saturated heterocycles. The van der Waals surface area contributed by atoms with E-state index in [0.29, 0.717) is 5.82 Å². The number of para-hydroxylation sites is 4. The van der Waals surface area contributed by atoms with E-state index in [2.05, 4.69) is 381 Å². The zero-order valence-corrected chi connectivity index (χ0v) is 75.9. The quantitative estimate of drug-likeness (QED) is 0.112. The molecule has 0 unspecified atom stereocenters. The van der Waals surface area contributed by atoms with Crippen LogP contribution in [0.4, 0.5) is 0 Å². The highest BCUT2D eigenvalue weighted by Crippen LogP contribution is 2.49. The molecule has 9 aromatic heterocycles. The van der Waals surface area contributed by atoms with E-state index in [4.69, 9.17) is 38.2 Å². The van der Waals surface area contributed by atoms with Crippen molar-refractivity contribution < 1.29 is 13.3 Å². The van der Waals surface area contributed by atoms with Crippen LogP contribution in [0.1, 0.15) is 0 Å². The van der Waals surface area contributed by atoms with E-state index in [1.54, 1.807) is 0 Å². The third kappa shape index (κ3) is 14.9. The minimum absolute atomic E-state index is 0.714. The van der Waals surface area contributed by atoms with E-state index >= 15 is 0 Å². The number of hydrogen-bond acceptors (Lipinski definition) is 10. The van der Waals surface area contributed by atoms with Gasteiger partial charge in [0.2, 0.25) is 0 Å². The van der Waals surface area contributed by atoms with E-state index in [-0.39, 0.29) is 0 Å². The molecule has 0 radical (unpaired) electrons. The molecule has 11 heteroatoms. The Hall–Kier alpha value is -17.9. The molecule has 19 aromatic carbocycles. The predicted molar refractivity (Wildman–Crippen MR) is 575 cm³/mol. The van der Waals surface area contributed by atoms with Crippen LogP contribution in [-0.4, -0.2) is 29.5 Å². The van der Waals surface area contributed by atoms with Gasteiger partial charge in [0.25, 0.3) is 0 Å². The van der Waals surface area contributed by atoms with Crippen LogP contribution in [-0.2, 0) is 0 Å². The minimum atomic E-state index is 0.714. The lowest BCUT2D eigenvalue weighted by Crippen LogP contribution is -1.96. The smallest absolute Gasteiger partial charge is 0.160 e. The summed E-state index contributed by atoms with van der Waals surface area (Å²) in [5, 5.41) is 15.7. The van der Waals surface area contributed by atoms with Crippen LogP contribution in [0, 0.1) is 0 Å². The normalized spacial score (nSPS) is 11.6. The first-order valence-electron chi connectivity index (χ1n) is 46.3. The first-order valence-corrected chi connectivity index (χ1v) is 47.9. The van der Waals surface area contributed by atoms with E-state index in [1.165, 1.54) is 56.9 Å². The van der Waals surface area contributed by atoms with Gasteiger partial charge in [-0.2, -0.15) is 0 Å². The molecule has 0 fully saturated rings. The van der Waals surface area contributed by atoms with E-state index in [0.717, 1.165) is 206 Å². The topological polar surface area (TPSA) is 109 Å². The zero-order chi connectivity index (χ0) is 91.1. The molecule has 0 aliphatic rings. The lowest BCUT2D eigenvalue weighted by Gasteiger charge is -2.12. The maximum atomic E-state index is 6.32. The van der Waals surface area contributed by atoms with Gasteiger partial charge in [0, 0.05) is 145 Å². The molecule has 138 heavy (non-hydrogen) atoms. The first kappa shape index (κ1) is 80.9. The van der Waals surface area contributed by atoms with Gasteiger partial charge in [-0.1, -0.05) is 346 Å². The molecule has 0 amide bonds. The summed E-state index contributed by atoms with van der Waals surface area (Å²) < 4.78 is 26.1. The van der Waals surface area contributed by atoms with Gasteiger partial charge >= 0.3 is 0 Å². The molecule has 28 aromatic rings. The Bertz CT molecular complexity index is 9480. The monoisotopic (exact) mass is 1800 g/mol. The lowest BCUT2D eigenvalue weighted by atomic mass is 9.96. The Labute approximate surface area is 801 Å². The second-order valence-electron chi connectivity index (χ2n) is 34.8. The summed E-state index contributed by atoms with van der Waals surface area (Å²) in [4.78, 5) is 25.2. The molecule has 9 nitrogen and oxygen atoms in total. The Balaban J connectivity index is 0.000000107. The van der Waals surface area contributed by atoms with Gasteiger partial charge in [-0.3, -0.25) is 0 Å². The van der Waals surface area contributed by atoms with Crippen LogP contribution in [0.3, 0.4) is 0 Å². The zero-order valence-electron chi connectivity index (χ0n) is 74.3. The summed E-state index contributed by atoms with van der Waals surface area (Å²) in [7, 11) is 0. The summed E-state index contributed by atoms with van der Waals surface area (Å²) in [6.45, 7) is 0. The number of pyridine rings is 1. The van der Waals surface area contributed by atoms with Crippen LogP contribution < -0.4 is 0 Å². The number of nitrogens with zero attached hydrogens (tertiary/aromatic N) is 6. The highest BCUT2D eigenvalue weighted by Gasteiger charge is 2.23. The number of aromatic nitrogens is 6. The molecule has 9 heterocycles. The Morgan fingerprint density at radius 3 is 1.21 bits per heavy atom. The van der Waals surface area contributed by atoms with Crippen LogP contribution in [0.5, 0.6) is 0 Å². The van der Waals surface area contributed by atoms with Crippen molar-refractivity contribution in [2.45, 2.75) is 0 Å². The second kappa shape index (κ2) is 34.3. The lowest BCUT2D eigenvalue weighted by molar-refractivity contribution is 0.668. The number of furan rings is 3. The van der Waals surface area contributed by atoms with Crippen molar-refractivity contribution in [2.75, 3.05) is 0 Å². The van der Waals surface area contributed by atoms with Crippen LogP contribution in [0.15, 0.2) is 487 Å². The SMILES string of the molecule is c1cc(-c2ccc3oc4ccccc4c3c2)cc(-c2cc3ccccc3c(-c3cccc(-c4ccc5oc6ccccc6c5c4)c3)n2)c1.c1ccc(-c2cc(-c3ccc(-c4cccc5c4sc4ccc6sc7ccccc7c6c45)cc3)nc(-c3ccccc3)n2)cc1.c1ccc(-c2cc(-c3ccc(-n4ccc5cc(-c6cccc7c6oc6ccccc67)ccc54)cc3)nc(-c3ccccc3)n2)cc1. The Morgan fingerprint density at radius 1 is 0.203 bits per heavy atom. The maximum absolute atomic E-state index is 6.32. The van der Waals surface area contributed by atoms with Crippen molar-refractivity contribution in [3.8, 4) is 141 Å². The molecule has 28 rings (SSSR count). The second-order valence-corrected chi connectivity index (χ2v) is 36.9. The van der Waals surface area contributed by atoms with Gasteiger partial charge in [0.15, 0.2) is 11.6 Å². The summed E-state index contributed by atoms with van der Waals surface area (Å²) in [6.07, 6.45) is 2.14. The molecular weight excluding hydrogens is 1720 g/mol. The molecule has 646 valence electrons. The predicted octanol–water partition coefficient (Wildman–Crippen LogP) is 35.6. The number of thiophene rings is 2. The molecule has 0 saturated carbocycles. The molecular formula is C127H78N6O3S2. The third-order valence-corrected chi connectivity index (χ3v) is 28.8. The largest absolute Gasteiger partial charge is 0.456 e. The minimum Gasteiger partial charge on any atom is -0.456 e. The molecule has 0 aliphatic carbocycles. The third-order valence-electron chi connectivity index (χ3n) is 26.5. The molecule has 0 atom stereocenters. The van der Waals surface area contributed by atoms with Gasteiger partial charge in [-0.05, 0) is 166 Å². The van der Waals surface area contributed by atoms with Crippen molar-refractivity contribution in [3.63, 3.8) is 0 Å². The van der Waals surface area contributed by atoms with E-state index in [1.807, 2.05) is 120 Å². The van der Waals surface area contributed by atoms with Gasteiger partial charge < -0.3 is 17.8 Å². The van der Waals surface area contributed by atoms with Crippen LogP contribution in [0.2, 0.25) is 0 Å². The van der Waals surface area contributed by atoms with Crippen molar-refractivity contribution in [3.05, 3.63) is 473 Å². The molecule has 0 N–H and O–H groups in total. The highest BCUT2D eigenvalue weighted by atomic mass is 32.1. The Kier molecular flexibility index (Phi) is 20.1. The fraction of sp³-hybridized carbons (Fsp3) is 0. The van der Waals surface area contributed by atoms with Gasteiger partial charge in [-0.15, -0.1) is 22.7 Å². The molecule has 0 spiro atoms. The van der Waals surface area contributed by atoms with Crippen molar-refractivity contribution in [2.24, 2.45) is 0 Å².